The van der Waals surface area contributed by atoms with Gasteiger partial charge in [0.2, 0.25) is 0 Å². The fourth-order valence-corrected chi connectivity index (χ4v) is 3.90. The molecule has 2 atom stereocenters. The number of rotatable bonds is 3. The van der Waals surface area contributed by atoms with Crippen LogP contribution in [-0.2, 0) is 11.3 Å². The first-order chi connectivity index (χ1) is 10.3. The van der Waals surface area contributed by atoms with E-state index >= 15 is 0 Å². The van der Waals surface area contributed by atoms with Gasteiger partial charge in [0.25, 0.3) is 0 Å². The third-order valence-electron chi connectivity index (χ3n) is 4.99. The van der Waals surface area contributed by atoms with Crippen LogP contribution in [0.1, 0.15) is 49.7 Å². The monoisotopic (exact) mass is 282 g/mol. The van der Waals surface area contributed by atoms with E-state index in [0.29, 0.717) is 11.8 Å². The second kappa shape index (κ2) is 6.41. The van der Waals surface area contributed by atoms with E-state index in [-0.39, 0.29) is 5.92 Å². The summed E-state index contributed by atoms with van der Waals surface area (Å²) in [5.41, 5.74) is 1.86. The standard InChI is InChI=1S/C18H22N2O/c19-12-14-6-1-2-7-15(14)13-20-11-4-3-9-17(20)16-8-5-10-18(16)21/h1-2,6-7,16-17H,3-5,8-11,13H2. The lowest BCUT2D eigenvalue weighted by atomic mass is 9.88. The fourth-order valence-electron chi connectivity index (χ4n) is 3.90. The molecule has 2 fully saturated rings. The second-order valence-electron chi connectivity index (χ2n) is 6.27. The van der Waals surface area contributed by atoms with E-state index in [9.17, 15) is 10.1 Å². The van der Waals surface area contributed by atoms with Crippen molar-refractivity contribution in [1.29, 1.82) is 5.26 Å². The van der Waals surface area contributed by atoms with Gasteiger partial charge in [-0.1, -0.05) is 24.6 Å². The Hall–Kier alpha value is -1.66. The normalized spacial score (nSPS) is 26.7. The first-order valence-electron chi connectivity index (χ1n) is 8.04. The van der Waals surface area contributed by atoms with Gasteiger partial charge in [0, 0.05) is 24.9 Å². The molecule has 110 valence electrons. The van der Waals surface area contributed by atoms with Crippen LogP contribution in [0.25, 0.3) is 0 Å². The van der Waals surface area contributed by atoms with E-state index in [4.69, 9.17) is 0 Å². The van der Waals surface area contributed by atoms with Gasteiger partial charge in [-0.2, -0.15) is 5.26 Å². The van der Waals surface area contributed by atoms with E-state index in [1.54, 1.807) is 0 Å². The van der Waals surface area contributed by atoms with Crippen LogP contribution in [0.5, 0.6) is 0 Å². The van der Waals surface area contributed by atoms with Gasteiger partial charge in [-0.25, -0.2) is 0 Å². The quantitative estimate of drug-likeness (QED) is 0.854. The lowest BCUT2D eigenvalue weighted by Gasteiger charge is -2.39. The van der Waals surface area contributed by atoms with E-state index in [0.717, 1.165) is 49.9 Å². The minimum absolute atomic E-state index is 0.236. The molecule has 1 saturated heterocycles. The van der Waals surface area contributed by atoms with Crippen LogP contribution in [0.4, 0.5) is 0 Å². The number of carbonyl (C=O) groups excluding carboxylic acids is 1. The molecule has 1 saturated carbocycles. The SMILES string of the molecule is N#Cc1ccccc1CN1CCCCC1C1CCCC1=O. The van der Waals surface area contributed by atoms with Gasteiger partial charge in [0.05, 0.1) is 11.6 Å². The molecule has 0 spiro atoms. The Labute approximate surface area is 126 Å². The number of likely N-dealkylation sites (tertiary alicyclic amines) is 1. The van der Waals surface area contributed by atoms with Crippen molar-refractivity contribution in [3.05, 3.63) is 35.4 Å². The van der Waals surface area contributed by atoms with E-state index in [1.165, 1.54) is 12.8 Å². The Morgan fingerprint density at radius 1 is 1.19 bits per heavy atom. The summed E-state index contributed by atoms with van der Waals surface area (Å²) in [7, 11) is 0. The van der Waals surface area contributed by atoms with Crippen LogP contribution in [0.2, 0.25) is 0 Å². The Bertz CT molecular complexity index is 561. The molecule has 1 aliphatic heterocycles. The number of nitrogens with zero attached hydrogens (tertiary/aromatic N) is 2. The largest absolute Gasteiger partial charge is 0.299 e. The maximum Gasteiger partial charge on any atom is 0.137 e. The highest BCUT2D eigenvalue weighted by atomic mass is 16.1. The number of ketones is 1. The van der Waals surface area contributed by atoms with Gasteiger partial charge >= 0.3 is 0 Å². The summed E-state index contributed by atoms with van der Waals surface area (Å²) >= 11 is 0. The maximum absolute atomic E-state index is 12.1. The zero-order valence-corrected chi connectivity index (χ0v) is 12.4. The molecular formula is C18H22N2O. The molecule has 3 nitrogen and oxygen atoms in total. The predicted octanol–water partition coefficient (Wildman–Crippen LogP) is 3.28. The summed E-state index contributed by atoms with van der Waals surface area (Å²) in [6.07, 6.45) is 6.44. The van der Waals surface area contributed by atoms with E-state index in [1.807, 2.05) is 24.3 Å². The second-order valence-corrected chi connectivity index (χ2v) is 6.27. The average molecular weight is 282 g/mol. The van der Waals surface area contributed by atoms with Crippen molar-refractivity contribution in [3.8, 4) is 6.07 Å². The molecule has 1 aromatic carbocycles. The molecule has 1 heterocycles. The molecule has 0 radical (unpaired) electrons. The zero-order chi connectivity index (χ0) is 14.7. The van der Waals surface area contributed by atoms with Crippen molar-refractivity contribution in [1.82, 2.24) is 4.90 Å². The molecule has 3 heteroatoms. The van der Waals surface area contributed by atoms with Crippen molar-refractivity contribution < 1.29 is 4.79 Å². The van der Waals surface area contributed by atoms with Gasteiger partial charge in [-0.05, 0) is 43.9 Å². The predicted molar refractivity (Wildman–Crippen MR) is 81.6 cm³/mol. The van der Waals surface area contributed by atoms with Crippen molar-refractivity contribution >= 4 is 5.78 Å². The molecule has 0 amide bonds. The van der Waals surface area contributed by atoms with E-state index in [2.05, 4.69) is 11.0 Å². The maximum atomic E-state index is 12.1. The molecular weight excluding hydrogens is 260 g/mol. The molecule has 3 rings (SSSR count). The lowest BCUT2D eigenvalue weighted by molar-refractivity contribution is -0.123. The molecule has 1 aliphatic carbocycles. The van der Waals surface area contributed by atoms with Crippen LogP contribution < -0.4 is 0 Å². The third-order valence-corrected chi connectivity index (χ3v) is 4.99. The molecule has 2 aliphatic rings. The van der Waals surface area contributed by atoms with Crippen molar-refractivity contribution in [2.24, 2.45) is 5.92 Å². The van der Waals surface area contributed by atoms with Crippen LogP contribution in [0, 0.1) is 17.2 Å². The van der Waals surface area contributed by atoms with Crippen molar-refractivity contribution in [2.75, 3.05) is 6.54 Å². The lowest BCUT2D eigenvalue weighted by Crippen LogP contribution is -2.45. The number of Topliss-reactive ketones (excluding diaryl/α,β-unsaturated/α-hetero) is 1. The summed E-state index contributed by atoms with van der Waals surface area (Å²) in [5, 5.41) is 9.24. The smallest absolute Gasteiger partial charge is 0.137 e. The van der Waals surface area contributed by atoms with Crippen LogP contribution in [-0.4, -0.2) is 23.3 Å². The van der Waals surface area contributed by atoms with Gasteiger partial charge in [-0.15, -0.1) is 0 Å². The van der Waals surface area contributed by atoms with Crippen molar-refractivity contribution in [2.45, 2.75) is 51.1 Å². The van der Waals surface area contributed by atoms with Crippen molar-refractivity contribution in [3.63, 3.8) is 0 Å². The first-order valence-corrected chi connectivity index (χ1v) is 8.04. The summed E-state index contributed by atoms with van der Waals surface area (Å²) in [5.74, 6) is 0.694. The van der Waals surface area contributed by atoms with Gasteiger partial charge < -0.3 is 0 Å². The number of piperidine rings is 1. The first kappa shape index (κ1) is 14.3. The molecule has 0 N–H and O–H groups in total. The summed E-state index contributed by atoms with van der Waals surface area (Å²) < 4.78 is 0. The van der Waals surface area contributed by atoms with Gasteiger partial charge in [-0.3, -0.25) is 9.69 Å². The highest BCUT2D eigenvalue weighted by molar-refractivity contribution is 5.83. The third kappa shape index (κ3) is 3.01. The van der Waals surface area contributed by atoms with Crippen LogP contribution >= 0.6 is 0 Å². The molecule has 0 bridgehead atoms. The molecule has 0 aromatic heterocycles. The summed E-state index contributed by atoms with van der Waals surface area (Å²) in [4.78, 5) is 14.6. The summed E-state index contributed by atoms with van der Waals surface area (Å²) in [6.45, 7) is 1.85. The average Bonchev–Trinajstić information content (AvgIpc) is 2.94. The van der Waals surface area contributed by atoms with Crippen LogP contribution in [0.3, 0.4) is 0 Å². The number of hydrogen-bond acceptors (Lipinski definition) is 3. The highest BCUT2D eigenvalue weighted by Gasteiger charge is 2.36. The van der Waals surface area contributed by atoms with Gasteiger partial charge in [0.1, 0.15) is 5.78 Å². The number of carbonyl (C=O) groups is 1. The topological polar surface area (TPSA) is 44.1 Å². The Morgan fingerprint density at radius 3 is 2.81 bits per heavy atom. The molecule has 21 heavy (non-hydrogen) atoms. The summed E-state index contributed by atoms with van der Waals surface area (Å²) in [6, 6.07) is 10.5. The minimum Gasteiger partial charge on any atom is -0.299 e. The minimum atomic E-state index is 0.236. The molecule has 2 unspecified atom stereocenters. The Balaban J connectivity index is 1.78. The fraction of sp³-hybridized carbons (Fsp3) is 0.556. The number of benzene rings is 1. The number of nitriles is 1. The van der Waals surface area contributed by atoms with E-state index < -0.39 is 0 Å². The number of hydrogen-bond donors (Lipinski definition) is 0. The van der Waals surface area contributed by atoms with Gasteiger partial charge in [0.15, 0.2) is 0 Å². The van der Waals surface area contributed by atoms with Crippen LogP contribution in [0.15, 0.2) is 24.3 Å². The zero-order valence-electron chi connectivity index (χ0n) is 12.4. The Morgan fingerprint density at radius 2 is 2.05 bits per heavy atom. The highest BCUT2D eigenvalue weighted by Crippen LogP contribution is 2.33. The Kier molecular flexibility index (Phi) is 4.36. The molecule has 1 aromatic rings.